The molecule has 0 aromatic heterocycles. The van der Waals surface area contributed by atoms with Crippen molar-refractivity contribution in [3.05, 3.63) is 24.3 Å². The molecule has 3 amide bonds. The monoisotopic (exact) mass is 602 g/mol. The SMILES string of the molecule is CCOc1ccc(NC(=O)[C@@H]2[C@H]3C(=O)N([C@@H](CO)CC(C)C)C(C(=O)NCCN4CCOCC4)C34S[C@@H]2CC4C)cc1. The fraction of sp³-hybridized carbons (Fsp3) is 0.710. The third kappa shape index (κ3) is 5.77. The lowest BCUT2D eigenvalue weighted by atomic mass is 9.66. The predicted octanol–water partition coefficient (Wildman–Crippen LogP) is 2.22. The molecule has 3 unspecified atom stereocenters. The summed E-state index contributed by atoms with van der Waals surface area (Å²) in [5.74, 6) is -0.741. The van der Waals surface area contributed by atoms with Crippen molar-refractivity contribution in [1.82, 2.24) is 15.1 Å². The molecular weight excluding hydrogens is 556 g/mol. The van der Waals surface area contributed by atoms with Crippen LogP contribution in [0.4, 0.5) is 5.69 Å². The minimum absolute atomic E-state index is 0.0554. The van der Waals surface area contributed by atoms with E-state index < -0.39 is 28.7 Å². The Balaban J connectivity index is 1.41. The Bertz CT molecular complexity index is 1130. The molecule has 5 rings (SSSR count). The summed E-state index contributed by atoms with van der Waals surface area (Å²) < 4.78 is 10.2. The van der Waals surface area contributed by atoms with E-state index in [9.17, 15) is 19.5 Å². The number of amides is 3. The highest BCUT2D eigenvalue weighted by Gasteiger charge is 2.76. The quantitative estimate of drug-likeness (QED) is 0.333. The second kappa shape index (κ2) is 13.1. The number of morpholine rings is 1. The van der Waals surface area contributed by atoms with Crippen LogP contribution in [0.3, 0.4) is 0 Å². The average molecular weight is 603 g/mol. The number of nitrogens with zero attached hydrogens (tertiary/aromatic N) is 2. The number of fused-ring (bicyclic) bond motifs is 1. The highest BCUT2D eigenvalue weighted by molar-refractivity contribution is 8.02. The second-order valence-corrected chi connectivity index (χ2v) is 14.0. The first-order valence-corrected chi connectivity index (χ1v) is 16.3. The van der Waals surface area contributed by atoms with Gasteiger partial charge in [-0.25, -0.2) is 0 Å². The number of likely N-dealkylation sites (tertiary alicyclic amines) is 1. The van der Waals surface area contributed by atoms with Gasteiger partial charge in [0, 0.05) is 37.1 Å². The van der Waals surface area contributed by atoms with E-state index in [1.807, 2.05) is 19.1 Å². The maximum atomic E-state index is 14.4. The Morgan fingerprint density at radius 2 is 1.90 bits per heavy atom. The smallest absolute Gasteiger partial charge is 0.244 e. The third-order valence-corrected chi connectivity index (χ3v) is 11.4. The van der Waals surface area contributed by atoms with Crippen LogP contribution in [0.1, 0.15) is 40.5 Å². The van der Waals surface area contributed by atoms with Crippen molar-refractivity contribution < 1.29 is 29.0 Å². The highest BCUT2D eigenvalue weighted by atomic mass is 32.2. The van der Waals surface area contributed by atoms with Crippen molar-refractivity contribution in [2.24, 2.45) is 23.7 Å². The molecule has 7 atom stereocenters. The topological polar surface area (TPSA) is 120 Å². The number of carbonyl (C=O) groups excluding carboxylic acids is 3. The maximum absolute atomic E-state index is 14.4. The number of rotatable bonds is 12. The number of aliphatic hydroxyl groups excluding tert-OH is 1. The zero-order chi connectivity index (χ0) is 30.0. The molecule has 42 heavy (non-hydrogen) atoms. The number of carbonyl (C=O) groups is 3. The van der Waals surface area contributed by atoms with Gasteiger partial charge in [-0.1, -0.05) is 20.8 Å². The molecule has 2 bridgehead atoms. The van der Waals surface area contributed by atoms with Crippen LogP contribution in [0.5, 0.6) is 5.75 Å². The summed E-state index contributed by atoms with van der Waals surface area (Å²) in [5.41, 5.74) is 0.645. The van der Waals surface area contributed by atoms with Crippen LogP contribution in [0.25, 0.3) is 0 Å². The van der Waals surface area contributed by atoms with E-state index in [0.717, 1.165) is 25.3 Å². The normalized spacial score (nSPS) is 31.3. The van der Waals surface area contributed by atoms with Crippen molar-refractivity contribution in [2.45, 2.75) is 62.6 Å². The van der Waals surface area contributed by atoms with Crippen molar-refractivity contribution in [3.8, 4) is 5.75 Å². The van der Waals surface area contributed by atoms with Gasteiger partial charge in [-0.3, -0.25) is 19.3 Å². The van der Waals surface area contributed by atoms with Crippen LogP contribution >= 0.6 is 11.8 Å². The molecule has 1 aromatic carbocycles. The summed E-state index contributed by atoms with van der Waals surface area (Å²) >= 11 is 1.65. The van der Waals surface area contributed by atoms with Crippen molar-refractivity contribution in [3.63, 3.8) is 0 Å². The summed E-state index contributed by atoms with van der Waals surface area (Å²) in [7, 11) is 0. The largest absolute Gasteiger partial charge is 0.494 e. The Kier molecular flexibility index (Phi) is 9.71. The number of hydrogen-bond acceptors (Lipinski definition) is 8. The lowest BCUT2D eigenvalue weighted by molar-refractivity contribution is -0.142. The molecule has 4 saturated heterocycles. The Hall–Kier alpha value is -2.34. The van der Waals surface area contributed by atoms with Crippen molar-refractivity contribution >= 4 is 35.2 Å². The number of ether oxygens (including phenoxy) is 2. The molecule has 1 spiro atoms. The lowest BCUT2D eigenvalue weighted by Gasteiger charge is -2.40. The lowest BCUT2D eigenvalue weighted by Crippen LogP contribution is -2.59. The number of thioether (sulfide) groups is 1. The molecule has 1 aromatic rings. The van der Waals surface area contributed by atoms with Crippen LogP contribution in [0.15, 0.2) is 24.3 Å². The molecule has 0 radical (unpaired) electrons. The van der Waals surface area contributed by atoms with Gasteiger partial charge in [0.2, 0.25) is 17.7 Å². The van der Waals surface area contributed by atoms with E-state index >= 15 is 0 Å². The summed E-state index contributed by atoms with van der Waals surface area (Å²) in [5, 5.41) is 16.6. The second-order valence-electron chi connectivity index (χ2n) is 12.5. The van der Waals surface area contributed by atoms with Gasteiger partial charge in [-0.15, -0.1) is 11.8 Å². The maximum Gasteiger partial charge on any atom is 0.244 e. The molecule has 232 valence electrons. The predicted molar refractivity (Wildman–Crippen MR) is 162 cm³/mol. The first-order chi connectivity index (χ1) is 20.2. The number of anilines is 1. The first-order valence-electron chi connectivity index (χ1n) is 15.4. The van der Waals surface area contributed by atoms with Crippen LogP contribution in [-0.2, 0) is 19.1 Å². The summed E-state index contributed by atoms with van der Waals surface area (Å²) in [6.45, 7) is 12.7. The van der Waals surface area contributed by atoms with Gasteiger partial charge >= 0.3 is 0 Å². The minimum Gasteiger partial charge on any atom is -0.494 e. The van der Waals surface area contributed by atoms with E-state index in [1.165, 1.54) is 0 Å². The van der Waals surface area contributed by atoms with Gasteiger partial charge in [-0.05, 0) is 55.9 Å². The number of aliphatic hydroxyl groups is 1. The van der Waals surface area contributed by atoms with E-state index in [1.54, 1.807) is 28.8 Å². The molecular formula is C31H46N4O6S. The molecule has 11 heteroatoms. The summed E-state index contributed by atoms with van der Waals surface area (Å²) in [6, 6.07) is 6.00. The third-order valence-electron chi connectivity index (χ3n) is 9.35. The number of benzene rings is 1. The van der Waals surface area contributed by atoms with Crippen LogP contribution in [0, 0.1) is 23.7 Å². The standard InChI is InChI=1S/C31H46N4O6S/c1-5-41-23-8-6-21(7-9-23)33-28(37)25-24-17-20(4)31(42-24)26(25)30(39)35(22(18-36)16-19(2)3)27(31)29(38)32-10-11-34-12-14-40-15-13-34/h6-9,19-20,22,24-27,36H,5,10-18H2,1-4H3,(H,32,38)(H,33,37)/t20?,22-,24-,25+,26+,27?,31?/m1/s1. The van der Waals surface area contributed by atoms with Crippen LogP contribution in [0.2, 0.25) is 0 Å². The van der Waals surface area contributed by atoms with Gasteiger partial charge in [-0.2, -0.15) is 0 Å². The number of nitrogens with one attached hydrogen (secondary N) is 2. The van der Waals surface area contributed by atoms with Gasteiger partial charge in [0.15, 0.2) is 0 Å². The molecule has 4 aliphatic rings. The molecule has 4 fully saturated rings. The summed E-state index contributed by atoms with van der Waals surface area (Å²) in [6.07, 6.45) is 1.34. The van der Waals surface area contributed by atoms with Gasteiger partial charge in [0.05, 0.1) is 49.1 Å². The van der Waals surface area contributed by atoms with E-state index in [2.05, 4.69) is 36.3 Å². The van der Waals surface area contributed by atoms with Crippen molar-refractivity contribution in [1.29, 1.82) is 0 Å². The Morgan fingerprint density at radius 3 is 2.55 bits per heavy atom. The first kappa shape index (κ1) is 31.1. The van der Waals surface area contributed by atoms with E-state index in [4.69, 9.17) is 9.47 Å². The zero-order valence-electron chi connectivity index (χ0n) is 25.2. The van der Waals surface area contributed by atoms with Crippen LogP contribution < -0.4 is 15.4 Å². The zero-order valence-corrected chi connectivity index (χ0v) is 26.0. The Morgan fingerprint density at radius 1 is 1.19 bits per heavy atom. The molecule has 0 saturated carbocycles. The van der Waals surface area contributed by atoms with Crippen LogP contribution in [-0.4, -0.2) is 107 Å². The summed E-state index contributed by atoms with van der Waals surface area (Å²) in [4.78, 5) is 46.3. The van der Waals surface area contributed by atoms with E-state index in [0.29, 0.717) is 45.0 Å². The number of hydrogen-bond donors (Lipinski definition) is 3. The van der Waals surface area contributed by atoms with Gasteiger partial charge in [0.1, 0.15) is 11.8 Å². The van der Waals surface area contributed by atoms with Crippen molar-refractivity contribution in [2.75, 3.05) is 57.9 Å². The molecule has 3 N–H and O–H groups in total. The molecule has 10 nitrogen and oxygen atoms in total. The van der Waals surface area contributed by atoms with Gasteiger partial charge in [0.25, 0.3) is 0 Å². The fourth-order valence-electron chi connectivity index (χ4n) is 7.56. The average Bonchev–Trinajstić information content (AvgIpc) is 3.57. The molecule has 4 heterocycles. The van der Waals surface area contributed by atoms with Gasteiger partial charge < -0.3 is 30.1 Å². The minimum atomic E-state index is -0.746. The highest BCUT2D eigenvalue weighted by Crippen LogP contribution is 2.69. The molecule has 4 aliphatic heterocycles. The Labute approximate surface area is 253 Å². The fourth-order valence-corrected chi connectivity index (χ4v) is 9.97. The van der Waals surface area contributed by atoms with E-state index in [-0.39, 0.29) is 41.4 Å². The molecule has 0 aliphatic carbocycles.